The molecule has 3 N–H and O–H groups in total. The van der Waals surface area contributed by atoms with Crippen molar-refractivity contribution >= 4 is 27.5 Å². The number of carbonyl (C=O) groups is 2. The second-order valence-corrected chi connectivity index (χ2v) is 7.48. The third-order valence-corrected chi connectivity index (χ3v) is 5.06. The van der Waals surface area contributed by atoms with Gasteiger partial charge in [-0.1, -0.05) is 0 Å². The van der Waals surface area contributed by atoms with E-state index in [1.165, 1.54) is 38.3 Å². The van der Waals surface area contributed by atoms with Gasteiger partial charge in [-0.3, -0.25) is 9.59 Å². The van der Waals surface area contributed by atoms with Gasteiger partial charge in [0.2, 0.25) is 15.9 Å². The molecule has 0 aliphatic heterocycles. The number of benzene rings is 2. The molecule has 0 aliphatic carbocycles. The third kappa shape index (κ3) is 5.76. The number of sulfonamides is 1. The summed E-state index contributed by atoms with van der Waals surface area (Å²) in [4.78, 5) is 22.8. The van der Waals surface area contributed by atoms with Crippen molar-refractivity contribution in [2.24, 2.45) is 0 Å². The highest BCUT2D eigenvalue weighted by Gasteiger charge is 2.16. The van der Waals surface area contributed by atoms with Crippen molar-refractivity contribution in [2.75, 3.05) is 25.5 Å². The van der Waals surface area contributed by atoms with Crippen molar-refractivity contribution in [3.05, 3.63) is 53.8 Å². The zero-order valence-corrected chi connectivity index (χ0v) is 16.1. The van der Waals surface area contributed by atoms with Crippen molar-refractivity contribution < 1.29 is 27.1 Å². The number of hydrogen-bond acceptors (Lipinski definition) is 5. The minimum Gasteiger partial charge on any atom is -0.494 e. The zero-order valence-electron chi connectivity index (χ0n) is 15.3. The highest BCUT2D eigenvalue weighted by atomic mass is 32.2. The molecule has 0 atom stereocenters. The van der Waals surface area contributed by atoms with Crippen LogP contribution in [0.2, 0.25) is 0 Å². The van der Waals surface area contributed by atoms with E-state index in [4.69, 9.17) is 4.74 Å². The predicted molar refractivity (Wildman–Crippen MR) is 101 cm³/mol. The Kier molecular flexibility index (Phi) is 7.07. The molecule has 2 aromatic carbocycles. The number of halogens is 1. The molecule has 0 fully saturated rings. The maximum atomic E-state index is 13.7. The predicted octanol–water partition coefficient (Wildman–Crippen LogP) is 1.50. The number of methoxy groups -OCH3 is 1. The summed E-state index contributed by atoms with van der Waals surface area (Å²) < 4.78 is 45.0. The molecule has 10 heteroatoms. The van der Waals surface area contributed by atoms with E-state index in [1.54, 1.807) is 12.1 Å². The highest BCUT2D eigenvalue weighted by Crippen LogP contribution is 2.20. The van der Waals surface area contributed by atoms with E-state index in [9.17, 15) is 22.4 Å². The van der Waals surface area contributed by atoms with Crippen LogP contribution in [0.15, 0.2) is 47.4 Å². The Hall–Kier alpha value is -2.98. The van der Waals surface area contributed by atoms with Crippen LogP contribution in [0.1, 0.15) is 17.3 Å². The first kappa shape index (κ1) is 21.3. The number of ether oxygens (including phenoxy) is 1. The minimum absolute atomic E-state index is 0.0319. The first-order chi connectivity index (χ1) is 13.2. The lowest BCUT2D eigenvalue weighted by atomic mass is 10.2. The maximum absolute atomic E-state index is 13.7. The van der Waals surface area contributed by atoms with Gasteiger partial charge in [0.25, 0.3) is 5.91 Å². The van der Waals surface area contributed by atoms with E-state index in [1.807, 2.05) is 0 Å². The van der Waals surface area contributed by atoms with Gasteiger partial charge >= 0.3 is 0 Å². The Morgan fingerprint density at radius 2 is 1.75 bits per heavy atom. The summed E-state index contributed by atoms with van der Waals surface area (Å²) >= 11 is 0. The molecule has 0 aliphatic rings. The van der Waals surface area contributed by atoms with Gasteiger partial charge in [-0.2, -0.15) is 0 Å². The fraction of sp³-hybridized carbons (Fsp3) is 0.222. The summed E-state index contributed by atoms with van der Waals surface area (Å²) in [5, 5.41) is 5.15. The average molecular weight is 409 g/mol. The monoisotopic (exact) mass is 409 g/mol. The molecule has 0 radical (unpaired) electrons. The van der Waals surface area contributed by atoms with E-state index in [2.05, 4.69) is 15.4 Å². The number of rotatable bonds is 8. The zero-order chi connectivity index (χ0) is 20.7. The van der Waals surface area contributed by atoms with E-state index < -0.39 is 21.7 Å². The van der Waals surface area contributed by atoms with Gasteiger partial charge < -0.3 is 15.4 Å². The molecular weight excluding hydrogens is 389 g/mol. The number of nitrogens with one attached hydrogen (secondary N) is 3. The summed E-state index contributed by atoms with van der Waals surface area (Å²) in [6.07, 6.45) is 0. The van der Waals surface area contributed by atoms with Crippen LogP contribution < -0.4 is 20.1 Å². The maximum Gasteiger partial charge on any atom is 0.251 e. The van der Waals surface area contributed by atoms with Gasteiger partial charge in [-0.15, -0.1) is 0 Å². The molecule has 0 unspecified atom stereocenters. The molecule has 0 aromatic heterocycles. The second kappa shape index (κ2) is 9.29. The number of hydrogen-bond donors (Lipinski definition) is 3. The Balaban J connectivity index is 1.86. The van der Waals surface area contributed by atoms with Crippen LogP contribution in [0.3, 0.4) is 0 Å². The summed E-state index contributed by atoms with van der Waals surface area (Å²) in [6, 6.07) is 9.52. The van der Waals surface area contributed by atoms with E-state index in [0.717, 1.165) is 6.07 Å². The highest BCUT2D eigenvalue weighted by molar-refractivity contribution is 7.89. The van der Waals surface area contributed by atoms with Gasteiger partial charge in [-0.05, 0) is 42.5 Å². The van der Waals surface area contributed by atoms with E-state index in [0.29, 0.717) is 11.3 Å². The second-order valence-electron chi connectivity index (χ2n) is 5.71. The number of anilines is 1. The minimum atomic E-state index is -3.92. The molecule has 2 aromatic rings. The Morgan fingerprint density at radius 1 is 1.07 bits per heavy atom. The largest absolute Gasteiger partial charge is 0.494 e. The lowest BCUT2D eigenvalue weighted by Crippen LogP contribution is -2.34. The Labute approximate surface area is 162 Å². The summed E-state index contributed by atoms with van der Waals surface area (Å²) in [5.74, 6) is -1.47. The molecule has 2 amide bonds. The van der Waals surface area contributed by atoms with Crippen molar-refractivity contribution in [2.45, 2.75) is 11.8 Å². The van der Waals surface area contributed by atoms with Gasteiger partial charge in [0, 0.05) is 31.3 Å². The Bertz CT molecular complexity index is 962. The van der Waals surface area contributed by atoms with Gasteiger partial charge in [0.05, 0.1) is 12.0 Å². The average Bonchev–Trinajstić information content (AvgIpc) is 2.65. The fourth-order valence-corrected chi connectivity index (χ4v) is 3.31. The lowest BCUT2D eigenvalue weighted by molar-refractivity contribution is -0.114. The first-order valence-electron chi connectivity index (χ1n) is 8.22. The van der Waals surface area contributed by atoms with Crippen LogP contribution >= 0.6 is 0 Å². The molecule has 0 saturated heterocycles. The van der Waals surface area contributed by atoms with Crippen molar-refractivity contribution in [3.63, 3.8) is 0 Å². The van der Waals surface area contributed by atoms with Gasteiger partial charge in [0.15, 0.2) is 11.6 Å². The molecule has 0 saturated carbocycles. The summed E-state index contributed by atoms with van der Waals surface area (Å²) in [7, 11) is -2.65. The topological polar surface area (TPSA) is 114 Å². The van der Waals surface area contributed by atoms with Gasteiger partial charge in [-0.25, -0.2) is 17.5 Å². The number of carbonyl (C=O) groups excluding carboxylic acids is 2. The molecule has 150 valence electrons. The van der Waals surface area contributed by atoms with Crippen molar-refractivity contribution in [1.29, 1.82) is 0 Å². The van der Waals surface area contributed by atoms with Crippen molar-refractivity contribution in [3.8, 4) is 5.75 Å². The summed E-state index contributed by atoms with van der Waals surface area (Å²) in [6.45, 7) is 1.33. The summed E-state index contributed by atoms with van der Waals surface area (Å²) in [5.41, 5.74) is 0.915. The van der Waals surface area contributed by atoms with Crippen LogP contribution in [0.5, 0.6) is 5.75 Å². The normalized spacial score (nSPS) is 11.0. The number of amides is 2. The molecule has 0 spiro atoms. The van der Waals surface area contributed by atoms with E-state index >= 15 is 0 Å². The smallest absolute Gasteiger partial charge is 0.251 e. The molecule has 8 nitrogen and oxygen atoms in total. The molecule has 28 heavy (non-hydrogen) atoms. The SMILES string of the molecule is COc1ccc(S(=O)(=O)NCCNC(=O)c2ccc(NC(C)=O)cc2)cc1F. The standard InChI is InChI=1S/C18H20FN3O5S/c1-12(23)22-14-5-3-13(4-6-14)18(24)20-9-10-21-28(25,26)15-7-8-17(27-2)16(19)11-15/h3-8,11,21H,9-10H2,1-2H3,(H,20,24)(H,22,23). The molecule has 0 heterocycles. The first-order valence-corrected chi connectivity index (χ1v) is 9.70. The fourth-order valence-electron chi connectivity index (χ4n) is 2.27. The third-order valence-electron chi connectivity index (χ3n) is 3.60. The van der Waals surface area contributed by atoms with E-state index in [-0.39, 0.29) is 29.6 Å². The van der Waals surface area contributed by atoms with Gasteiger partial charge in [0.1, 0.15) is 0 Å². The van der Waals surface area contributed by atoms with Crippen LogP contribution in [-0.4, -0.2) is 40.4 Å². The Morgan fingerprint density at radius 3 is 2.32 bits per heavy atom. The molecular formula is C18H20FN3O5S. The van der Waals surface area contributed by atoms with Crippen LogP contribution in [0, 0.1) is 5.82 Å². The van der Waals surface area contributed by atoms with Crippen LogP contribution in [0.25, 0.3) is 0 Å². The van der Waals surface area contributed by atoms with Crippen molar-refractivity contribution in [1.82, 2.24) is 10.0 Å². The molecule has 0 bridgehead atoms. The quantitative estimate of drug-likeness (QED) is 0.572. The van der Waals surface area contributed by atoms with Crippen LogP contribution in [-0.2, 0) is 14.8 Å². The molecule has 2 rings (SSSR count). The lowest BCUT2D eigenvalue weighted by Gasteiger charge is -2.09. The van der Waals surface area contributed by atoms with Crippen LogP contribution in [0.4, 0.5) is 10.1 Å².